The van der Waals surface area contributed by atoms with Crippen LogP contribution >= 0.6 is 0 Å². The van der Waals surface area contributed by atoms with Crippen molar-refractivity contribution >= 4 is 16.8 Å². The molecule has 0 aromatic carbocycles. The summed E-state index contributed by atoms with van der Waals surface area (Å²) in [4.78, 5) is 0. The summed E-state index contributed by atoms with van der Waals surface area (Å²) in [5.74, 6) is -0.296. The van der Waals surface area contributed by atoms with Gasteiger partial charge in [0.15, 0.2) is 0 Å². The number of alkyl halides is 1. The van der Waals surface area contributed by atoms with E-state index in [0.717, 1.165) is 4.09 Å². The second-order valence-electron chi connectivity index (χ2n) is 2.23. The molecule has 0 amide bonds. The third-order valence-electron chi connectivity index (χ3n) is 1.30. The molecule has 7 heteroatoms. The maximum Gasteiger partial charge on any atom is 0.143 e. The van der Waals surface area contributed by atoms with Crippen LogP contribution in [0.2, 0.25) is 0 Å². The molecule has 0 bridgehead atoms. The smallest absolute Gasteiger partial charge is 0.143 e. The second-order valence-corrected chi connectivity index (χ2v) is 3.66. The van der Waals surface area contributed by atoms with Gasteiger partial charge in [-0.2, -0.15) is 9.19 Å². The van der Waals surface area contributed by atoms with Gasteiger partial charge in [-0.15, -0.1) is 0 Å². The molecule has 1 aromatic heterocycles. The lowest BCUT2D eigenvalue weighted by Gasteiger charge is -1.96. The van der Waals surface area contributed by atoms with Crippen LogP contribution in [-0.2, 0) is 11.0 Å². The molecule has 1 unspecified atom stereocenters. The minimum atomic E-state index is -1.50. The van der Waals surface area contributed by atoms with Crippen LogP contribution in [-0.4, -0.2) is 31.7 Å². The average Bonchev–Trinajstić information content (AvgIpc) is 2.52. The van der Waals surface area contributed by atoms with Crippen LogP contribution in [0.3, 0.4) is 0 Å². The first kappa shape index (κ1) is 9.85. The zero-order valence-electron chi connectivity index (χ0n) is 6.74. The van der Waals surface area contributed by atoms with E-state index in [9.17, 15) is 8.60 Å². The first-order valence-corrected chi connectivity index (χ1v) is 4.77. The van der Waals surface area contributed by atoms with E-state index in [1.54, 1.807) is 0 Å². The van der Waals surface area contributed by atoms with Crippen LogP contribution in [0.1, 0.15) is 5.69 Å². The molecule has 0 aliphatic heterocycles. The van der Waals surface area contributed by atoms with Crippen molar-refractivity contribution in [2.45, 2.75) is 0 Å². The molecule has 1 heterocycles. The van der Waals surface area contributed by atoms with Gasteiger partial charge in [0.1, 0.15) is 29.2 Å². The summed E-state index contributed by atoms with van der Waals surface area (Å²) < 4.78 is 24.0. The summed E-state index contributed by atoms with van der Waals surface area (Å²) in [5.41, 5.74) is 5.38. The number of nitrogens with two attached hydrogens (primary N) is 1. The van der Waals surface area contributed by atoms with Crippen molar-refractivity contribution in [1.82, 2.24) is 9.19 Å². The van der Waals surface area contributed by atoms with E-state index < -0.39 is 17.7 Å². The monoisotopic (exact) mass is 204 g/mol. The molecule has 0 saturated carbocycles. The van der Waals surface area contributed by atoms with Crippen molar-refractivity contribution in [1.29, 1.82) is 5.41 Å². The fourth-order valence-corrected chi connectivity index (χ4v) is 1.42. The van der Waals surface area contributed by atoms with E-state index in [0.29, 0.717) is 0 Å². The Labute approximate surface area is 76.8 Å². The van der Waals surface area contributed by atoms with Crippen molar-refractivity contribution in [2.24, 2.45) is 5.73 Å². The van der Waals surface area contributed by atoms with E-state index in [2.05, 4.69) is 5.10 Å². The Kier molecular flexibility index (Phi) is 3.13. The maximum absolute atomic E-state index is 11.8. The topological polar surface area (TPSA) is 84.8 Å². The summed E-state index contributed by atoms with van der Waals surface area (Å²) in [7, 11) is -1.50. The van der Waals surface area contributed by atoms with Gasteiger partial charge in [0.2, 0.25) is 0 Å². The molecule has 0 saturated heterocycles. The first-order valence-electron chi connectivity index (χ1n) is 3.50. The van der Waals surface area contributed by atoms with Crippen LogP contribution in [0, 0.1) is 5.41 Å². The van der Waals surface area contributed by atoms with Gasteiger partial charge in [0.25, 0.3) is 0 Å². The SMILES string of the molecule is N=C(N)c1ccn(S(=O)CCF)n1. The van der Waals surface area contributed by atoms with E-state index in [1.165, 1.54) is 12.3 Å². The molecule has 0 aliphatic carbocycles. The maximum atomic E-state index is 11.8. The van der Waals surface area contributed by atoms with Gasteiger partial charge >= 0.3 is 0 Å². The zero-order valence-corrected chi connectivity index (χ0v) is 7.55. The van der Waals surface area contributed by atoms with Crippen LogP contribution in [0.5, 0.6) is 0 Å². The summed E-state index contributed by atoms with van der Waals surface area (Å²) >= 11 is 0. The Bertz CT molecular complexity index is 337. The van der Waals surface area contributed by atoms with Crippen LogP contribution in [0.4, 0.5) is 4.39 Å². The lowest BCUT2D eigenvalue weighted by Crippen LogP contribution is -2.15. The molecule has 72 valence electrons. The molecule has 1 rings (SSSR count). The Morgan fingerprint density at radius 3 is 3.00 bits per heavy atom. The van der Waals surface area contributed by atoms with Gasteiger partial charge < -0.3 is 5.73 Å². The highest BCUT2D eigenvalue weighted by Crippen LogP contribution is 1.96. The number of halogens is 1. The van der Waals surface area contributed by atoms with Gasteiger partial charge in [-0.1, -0.05) is 0 Å². The standard InChI is InChI=1S/C6H9FN4OS/c7-2-4-13(12)11-3-1-5(10-11)6(8)9/h1,3H,2,4H2,(H3,8,9). The highest BCUT2D eigenvalue weighted by Gasteiger charge is 2.06. The number of amidine groups is 1. The van der Waals surface area contributed by atoms with Crippen molar-refractivity contribution < 1.29 is 8.60 Å². The molecule has 0 spiro atoms. The third kappa shape index (κ3) is 2.35. The minimum absolute atomic E-state index is 0.0982. The third-order valence-corrected chi connectivity index (χ3v) is 2.43. The number of hydrogen-bond donors (Lipinski definition) is 2. The normalized spacial score (nSPS) is 12.7. The molecular weight excluding hydrogens is 195 g/mol. The van der Waals surface area contributed by atoms with E-state index in [4.69, 9.17) is 11.1 Å². The Morgan fingerprint density at radius 1 is 1.85 bits per heavy atom. The summed E-state index contributed by atoms with van der Waals surface area (Å²) in [5, 5.41) is 10.7. The number of nitrogens with one attached hydrogen (secondary N) is 1. The fraction of sp³-hybridized carbons (Fsp3) is 0.333. The largest absolute Gasteiger partial charge is 0.382 e. The average molecular weight is 204 g/mol. The second kappa shape index (κ2) is 4.13. The molecule has 3 N–H and O–H groups in total. The summed E-state index contributed by atoms with van der Waals surface area (Å²) in [6.07, 6.45) is 1.41. The van der Waals surface area contributed by atoms with Crippen molar-refractivity contribution in [3.05, 3.63) is 18.0 Å². The molecule has 0 aliphatic rings. The van der Waals surface area contributed by atoms with E-state index in [1.807, 2.05) is 0 Å². The van der Waals surface area contributed by atoms with Gasteiger partial charge in [-0.05, 0) is 6.07 Å². The fourth-order valence-electron chi connectivity index (χ4n) is 0.724. The predicted octanol–water partition coefficient (Wildman–Crippen LogP) is -0.352. The lowest BCUT2D eigenvalue weighted by molar-refractivity contribution is 0.527. The number of nitrogens with zero attached hydrogens (tertiary/aromatic N) is 2. The molecule has 1 atom stereocenters. The highest BCUT2D eigenvalue weighted by molar-refractivity contribution is 7.83. The molecule has 5 nitrogen and oxygen atoms in total. The highest BCUT2D eigenvalue weighted by atomic mass is 32.2. The number of hydrogen-bond acceptors (Lipinski definition) is 3. The van der Waals surface area contributed by atoms with Gasteiger partial charge in [0, 0.05) is 6.20 Å². The summed E-state index contributed by atoms with van der Waals surface area (Å²) in [6.45, 7) is -0.665. The first-order chi connectivity index (χ1) is 6.15. The van der Waals surface area contributed by atoms with Crippen molar-refractivity contribution in [2.75, 3.05) is 12.4 Å². The zero-order chi connectivity index (χ0) is 9.84. The lowest BCUT2D eigenvalue weighted by atomic mass is 10.4. The van der Waals surface area contributed by atoms with Crippen LogP contribution < -0.4 is 5.73 Å². The van der Waals surface area contributed by atoms with Crippen molar-refractivity contribution in [3.8, 4) is 0 Å². The van der Waals surface area contributed by atoms with Gasteiger partial charge in [-0.3, -0.25) is 9.80 Å². The molecular formula is C6H9FN4OS. The van der Waals surface area contributed by atoms with Crippen LogP contribution in [0.25, 0.3) is 0 Å². The Balaban J connectivity index is 2.79. The molecule has 0 radical (unpaired) electrons. The van der Waals surface area contributed by atoms with Gasteiger partial charge in [0.05, 0.1) is 5.75 Å². The predicted molar refractivity (Wildman–Crippen MR) is 47.6 cm³/mol. The number of aromatic nitrogens is 2. The van der Waals surface area contributed by atoms with Crippen molar-refractivity contribution in [3.63, 3.8) is 0 Å². The van der Waals surface area contributed by atoms with E-state index in [-0.39, 0.29) is 17.3 Å². The summed E-state index contributed by atoms with van der Waals surface area (Å²) in [6, 6.07) is 1.46. The quantitative estimate of drug-likeness (QED) is 0.519. The number of rotatable bonds is 4. The number of nitrogen functional groups attached to an aromatic ring is 1. The Morgan fingerprint density at radius 2 is 2.54 bits per heavy atom. The van der Waals surface area contributed by atoms with E-state index >= 15 is 0 Å². The minimum Gasteiger partial charge on any atom is -0.382 e. The Hall–Kier alpha value is -1.24. The molecule has 1 aromatic rings. The molecule has 13 heavy (non-hydrogen) atoms. The molecule has 0 fully saturated rings. The van der Waals surface area contributed by atoms with Crippen LogP contribution in [0.15, 0.2) is 12.3 Å². The van der Waals surface area contributed by atoms with Gasteiger partial charge in [-0.25, -0.2) is 4.21 Å².